The quantitative estimate of drug-likeness (QED) is 0.345. The van der Waals surface area contributed by atoms with Crippen LogP contribution in [0.25, 0.3) is 0 Å². The van der Waals surface area contributed by atoms with Crippen molar-refractivity contribution in [3.8, 4) is 11.8 Å². The Bertz CT molecular complexity index is 1490. The molecule has 1 N–H and O–H groups in total. The molecule has 0 radical (unpaired) electrons. The molecule has 0 aromatic heterocycles. The van der Waals surface area contributed by atoms with Gasteiger partial charge in [-0.1, -0.05) is 60.7 Å². The third-order valence-corrected chi connectivity index (χ3v) is 12.0. The van der Waals surface area contributed by atoms with Crippen molar-refractivity contribution in [1.82, 2.24) is 0 Å². The Morgan fingerprint density at radius 1 is 1.02 bits per heavy atom. The first-order valence-corrected chi connectivity index (χ1v) is 15.8. The fourth-order valence-electron chi connectivity index (χ4n) is 7.98. The van der Waals surface area contributed by atoms with Gasteiger partial charge >= 0.3 is 7.60 Å². The van der Waals surface area contributed by atoms with Gasteiger partial charge in [0.2, 0.25) is 0 Å². The Morgan fingerprint density at radius 3 is 2.45 bits per heavy atom. The van der Waals surface area contributed by atoms with E-state index in [4.69, 9.17) is 9.05 Å². The number of benzene rings is 2. The smallest absolute Gasteiger partial charge is 0.360 e. The van der Waals surface area contributed by atoms with Crippen LogP contribution in [0.15, 0.2) is 77.4 Å². The van der Waals surface area contributed by atoms with Crippen molar-refractivity contribution >= 4 is 18.7 Å². The highest BCUT2D eigenvalue weighted by molar-refractivity contribution is 7.62. The predicted octanol–water partition coefficient (Wildman–Crippen LogP) is 6.48. The maximum Gasteiger partial charge on any atom is 0.360 e. The lowest BCUT2D eigenvalue weighted by atomic mass is 9.51. The average molecular weight is 557 g/mol. The highest BCUT2D eigenvalue weighted by Crippen LogP contribution is 2.66. The predicted molar refractivity (Wildman–Crippen MR) is 156 cm³/mol. The minimum atomic E-state index is -3.36. The zero-order chi connectivity index (χ0) is 28.1. The Balaban J connectivity index is 1.45. The van der Waals surface area contributed by atoms with E-state index in [2.05, 4.69) is 24.8 Å². The Kier molecular flexibility index (Phi) is 7.04. The van der Waals surface area contributed by atoms with Crippen LogP contribution in [0.5, 0.6) is 0 Å². The molecule has 0 bridgehead atoms. The number of carbonyl (C=O) groups is 1. The van der Waals surface area contributed by atoms with Crippen LogP contribution in [0.1, 0.15) is 68.9 Å². The van der Waals surface area contributed by atoms with Crippen LogP contribution in [0.2, 0.25) is 0 Å². The zero-order valence-corrected chi connectivity index (χ0v) is 24.4. The molecule has 4 aliphatic rings. The summed E-state index contributed by atoms with van der Waals surface area (Å²) >= 11 is 0. The molecule has 0 unspecified atom stereocenters. The van der Waals surface area contributed by atoms with Crippen molar-refractivity contribution < 1.29 is 23.5 Å². The lowest BCUT2D eigenvalue weighted by Crippen LogP contribution is -2.50. The van der Waals surface area contributed by atoms with Crippen molar-refractivity contribution in [2.45, 2.75) is 63.4 Å². The number of Topliss-reactive ketones (excluding diaryl/α,β-unsaturated/α-hetero) is 1. The summed E-state index contributed by atoms with van der Waals surface area (Å²) in [5, 5.41) is 12.7. The molecule has 6 heteroatoms. The van der Waals surface area contributed by atoms with Crippen LogP contribution < -0.4 is 5.30 Å². The molecule has 208 valence electrons. The second kappa shape index (κ2) is 10.3. The van der Waals surface area contributed by atoms with E-state index < -0.39 is 18.6 Å². The summed E-state index contributed by atoms with van der Waals surface area (Å²) in [4.78, 5) is 12.4. The van der Waals surface area contributed by atoms with Crippen LogP contribution in [0, 0.1) is 29.1 Å². The molecular formula is C34H37O5P. The van der Waals surface area contributed by atoms with Gasteiger partial charge in [0.15, 0.2) is 0 Å². The summed E-state index contributed by atoms with van der Waals surface area (Å²) in [7, 11) is -0.564. The second-order valence-corrected chi connectivity index (χ2v) is 14.2. The van der Waals surface area contributed by atoms with E-state index in [1.54, 1.807) is 0 Å². The summed E-state index contributed by atoms with van der Waals surface area (Å²) in [6, 6.07) is 17.6. The Hall–Kier alpha value is -2.74. The molecule has 3 fully saturated rings. The molecule has 4 aliphatic carbocycles. The minimum absolute atomic E-state index is 0.0693. The lowest BCUT2D eigenvalue weighted by molar-refractivity contribution is -0.118. The molecule has 0 spiro atoms. The fraction of sp³-hybridized carbons (Fsp3) is 0.441. The summed E-state index contributed by atoms with van der Waals surface area (Å²) in [6.07, 6.45) is 7.43. The van der Waals surface area contributed by atoms with Gasteiger partial charge in [0.05, 0.1) is 5.30 Å². The number of ketones is 1. The number of fused-ring (bicyclic) bond motifs is 4. The number of rotatable bonds is 4. The van der Waals surface area contributed by atoms with Crippen LogP contribution in [-0.2, 0) is 18.4 Å². The SMILES string of the molecule is COP(=O)(OC)c1ccc([C@H]2C[C@@]3(C)[C@@H](CC[C@@]3(O)C#Cc3ccccc3)[C@@H]3CC=C4CC(=O)CCC4=C32)cc1. The average Bonchev–Trinajstić information content (AvgIpc) is 3.25. The molecule has 3 saturated carbocycles. The molecule has 6 rings (SSSR count). The third-order valence-electron chi connectivity index (χ3n) is 10.1. The molecule has 2 aromatic rings. The maximum atomic E-state index is 13.0. The van der Waals surface area contributed by atoms with Crippen molar-refractivity contribution in [3.63, 3.8) is 0 Å². The number of carbonyl (C=O) groups excluding carboxylic acids is 1. The van der Waals surface area contributed by atoms with Gasteiger partial charge in [0.1, 0.15) is 11.4 Å². The molecule has 0 amide bonds. The van der Waals surface area contributed by atoms with E-state index in [0.29, 0.717) is 42.2 Å². The number of hydrogen-bond donors (Lipinski definition) is 1. The van der Waals surface area contributed by atoms with Crippen LogP contribution in [0.4, 0.5) is 0 Å². The standard InChI is InChI=1S/C34H37O5P/c1-33-22-30(24-9-13-27(14-10-24)40(37,38-2)39-3)32-28-16-12-26(35)21-25(28)11-15-29(32)31(33)18-20-34(33,36)19-17-23-7-5-4-6-8-23/h4-11,13-14,29-31,36H,12,15-16,18,20-22H2,1-3H3/t29-,30+,31-,33-,34-/m0/s1. The molecular weight excluding hydrogens is 519 g/mol. The van der Waals surface area contributed by atoms with Crippen molar-refractivity contribution in [3.05, 3.63) is 88.5 Å². The first-order valence-electron chi connectivity index (χ1n) is 14.3. The topological polar surface area (TPSA) is 72.8 Å². The summed E-state index contributed by atoms with van der Waals surface area (Å²) in [5.41, 5.74) is 4.53. The Labute approximate surface area is 237 Å². The Morgan fingerprint density at radius 2 is 1.75 bits per heavy atom. The normalized spacial score (nSPS) is 31.4. The summed E-state index contributed by atoms with van der Waals surface area (Å²) in [5.74, 6) is 7.61. The summed E-state index contributed by atoms with van der Waals surface area (Å²) in [6.45, 7) is 2.24. The van der Waals surface area contributed by atoms with Gasteiger partial charge in [-0.15, -0.1) is 0 Å². The maximum absolute atomic E-state index is 13.0. The number of hydrogen-bond acceptors (Lipinski definition) is 5. The van der Waals surface area contributed by atoms with Gasteiger partial charge in [-0.05, 0) is 84.9 Å². The van der Waals surface area contributed by atoms with E-state index >= 15 is 0 Å². The number of allylic oxidation sites excluding steroid dienone is 4. The van der Waals surface area contributed by atoms with Gasteiger partial charge in [-0.25, -0.2) is 0 Å². The van der Waals surface area contributed by atoms with Gasteiger partial charge in [0.25, 0.3) is 0 Å². The molecule has 0 heterocycles. The van der Waals surface area contributed by atoms with Crippen molar-refractivity contribution in [2.24, 2.45) is 17.3 Å². The molecule has 5 atom stereocenters. The van der Waals surface area contributed by atoms with Crippen LogP contribution >= 0.6 is 7.60 Å². The van der Waals surface area contributed by atoms with E-state index in [1.807, 2.05) is 54.6 Å². The van der Waals surface area contributed by atoms with Crippen molar-refractivity contribution in [2.75, 3.05) is 14.2 Å². The van der Waals surface area contributed by atoms with E-state index in [0.717, 1.165) is 36.8 Å². The molecule has 40 heavy (non-hydrogen) atoms. The largest absolute Gasteiger partial charge is 0.377 e. The molecule has 5 nitrogen and oxygen atoms in total. The molecule has 0 saturated heterocycles. The van der Waals surface area contributed by atoms with Gasteiger partial charge in [-0.3, -0.25) is 9.36 Å². The molecule has 0 aliphatic heterocycles. The van der Waals surface area contributed by atoms with Crippen LogP contribution in [-0.4, -0.2) is 30.7 Å². The lowest BCUT2D eigenvalue weighted by Gasteiger charge is -2.53. The first-order chi connectivity index (χ1) is 19.2. The van der Waals surface area contributed by atoms with Gasteiger partial charge in [-0.2, -0.15) is 0 Å². The minimum Gasteiger partial charge on any atom is -0.377 e. The molecule has 2 aromatic carbocycles. The third kappa shape index (κ3) is 4.38. The van der Waals surface area contributed by atoms with Crippen molar-refractivity contribution in [1.29, 1.82) is 0 Å². The van der Waals surface area contributed by atoms with E-state index in [1.165, 1.54) is 30.9 Å². The van der Waals surface area contributed by atoms with E-state index in [-0.39, 0.29) is 5.92 Å². The highest BCUT2D eigenvalue weighted by atomic mass is 31.2. The van der Waals surface area contributed by atoms with Gasteiger partial charge < -0.3 is 14.2 Å². The van der Waals surface area contributed by atoms with Gasteiger partial charge in [0, 0.05) is 44.0 Å². The second-order valence-electron chi connectivity index (χ2n) is 12.0. The monoisotopic (exact) mass is 556 g/mol. The number of aliphatic hydroxyl groups is 1. The summed E-state index contributed by atoms with van der Waals surface area (Å²) < 4.78 is 23.5. The zero-order valence-electron chi connectivity index (χ0n) is 23.5. The first kappa shape index (κ1) is 27.4. The van der Waals surface area contributed by atoms with E-state index in [9.17, 15) is 14.5 Å². The fourth-order valence-corrected chi connectivity index (χ4v) is 9.06. The van der Waals surface area contributed by atoms with Crippen LogP contribution in [0.3, 0.4) is 0 Å². The highest BCUT2D eigenvalue weighted by Gasteiger charge is 2.62.